The molecule has 1 aromatic carbocycles. The quantitative estimate of drug-likeness (QED) is 0.659. The number of nitro benzene ring substituents is 1. The van der Waals surface area contributed by atoms with Crippen molar-refractivity contribution in [3.05, 3.63) is 39.7 Å². The Morgan fingerprint density at radius 1 is 1.50 bits per heavy atom. The average molecular weight is 249 g/mol. The summed E-state index contributed by atoms with van der Waals surface area (Å²) in [6.07, 6.45) is -0.846. The van der Waals surface area contributed by atoms with E-state index in [9.17, 15) is 15.2 Å². The topological polar surface area (TPSA) is 102 Å². The first-order valence-corrected chi connectivity index (χ1v) is 5.26. The number of aromatic nitrogens is 2. The van der Waals surface area contributed by atoms with Crippen molar-refractivity contribution >= 4 is 5.69 Å². The van der Waals surface area contributed by atoms with Crippen LogP contribution >= 0.6 is 0 Å². The summed E-state index contributed by atoms with van der Waals surface area (Å²) in [4.78, 5) is 14.3. The lowest BCUT2D eigenvalue weighted by atomic mass is 10.1. The molecule has 7 heteroatoms. The SMILES string of the molecule is Cc1c(-c2nc(C(C)O)no2)cccc1[N+](=O)[O-]. The summed E-state index contributed by atoms with van der Waals surface area (Å²) in [5, 5.41) is 23.7. The Labute approximate surface area is 102 Å². The highest BCUT2D eigenvalue weighted by Crippen LogP contribution is 2.29. The van der Waals surface area contributed by atoms with Gasteiger partial charge >= 0.3 is 0 Å². The highest BCUT2D eigenvalue weighted by Gasteiger charge is 2.19. The molecule has 1 atom stereocenters. The molecule has 0 amide bonds. The smallest absolute Gasteiger partial charge is 0.273 e. The number of nitrogens with zero attached hydrogens (tertiary/aromatic N) is 3. The Bertz CT molecular complexity index is 592. The van der Waals surface area contributed by atoms with Crippen molar-refractivity contribution < 1.29 is 14.6 Å². The van der Waals surface area contributed by atoms with Gasteiger partial charge in [-0.15, -0.1) is 0 Å². The van der Waals surface area contributed by atoms with Gasteiger partial charge in [-0.3, -0.25) is 10.1 Å². The molecule has 0 bridgehead atoms. The van der Waals surface area contributed by atoms with Crippen LogP contribution in [0.25, 0.3) is 11.5 Å². The monoisotopic (exact) mass is 249 g/mol. The Morgan fingerprint density at radius 2 is 2.22 bits per heavy atom. The van der Waals surface area contributed by atoms with E-state index >= 15 is 0 Å². The molecule has 0 fully saturated rings. The van der Waals surface area contributed by atoms with Crippen LogP contribution in [0.5, 0.6) is 0 Å². The predicted octanol–water partition coefficient (Wildman–Crippen LogP) is 2.01. The normalized spacial score (nSPS) is 12.4. The molecule has 0 aliphatic heterocycles. The van der Waals surface area contributed by atoms with E-state index in [1.807, 2.05) is 0 Å². The molecule has 0 saturated heterocycles. The Morgan fingerprint density at radius 3 is 2.78 bits per heavy atom. The summed E-state index contributed by atoms with van der Waals surface area (Å²) in [5.74, 6) is 0.308. The zero-order valence-electron chi connectivity index (χ0n) is 9.82. The molecule has 0 aliphatic carbocycles. The van der Waals surface area contributed by atoms with E-state index < -0.39 is 11.0 Å². The van der Waals surface area contributed by atoms with Crippen molar-refractivity contribution in [2.45, 2.75) is 20.0 Å². The number of aliphatic hydroxyl groups is 1. The fourth-order valence-electron chi connectivity index (χ4n) is 1.57. The van der Waals surface area contributed by atoms with Gasteiger partial charge in [-0.1, -0.05) is 11.2 Å². The summed E-state index contributed by atoms with van der Waals surface area (Å²) >= 11 is 0. The standard InChI is InChI=1S/C11H11N3O4/c1-6-8(4-3-5-9(6)14(16)17)11-12-10(7(2)15)13-18-11/h3-5,7,15H,1-2H3. The van der Waals surface area contributed by atoms with E-state index in [-0.39, 0.29) is 17.4 Å². The molecular weight excluding hydrogens is 238 g/mol. The minimum absolute atomic E-state index is 0.00991. The maximum absolute atomic E-state index is 10.8. The zero-order valence-corrected chi connectivity index (χ0v) is 9.82. The second-order valence-electron chi connectivity index (χ2n) is 3.84. The molecule has 0 radical (unpaired) electrons. The lowest BCUT2D eigenvalue weighted by Crippen LogP contribution is -1.95. The van der Waals surface area contributed by atoms with E-state index in [1.165, 1.54) is 13.0 Å². The minimum Gasteiger partial charge on any atom is -0.385 e. The number of hydrogen-bond acceptors (Lipinski definition) is 6. The lowest BCUT2D eigenvalue weighted by molar-refractivity contribution is -0.385. The second kappa shape index (κ2) is 4.53. The number of hydrogen-bond donors (Lipinski definition) is 1. The van der Waals surface area contributed by atoms with Gasteiger partial charge in [-0.05, 0) is 19.9 Å². The highest BCUT2D eigenvalue weighted by molar-refractivity contribution is 5.64. The predicted molar refractivity (Wildman–Crippen MR) is 61.8 cm³/mol. The molecule has 2 rings (SSSR count). The van der Waals surface area contributed by atoms with Crippen molar-refractivity contribution in [2.24, 2.45) is 0 Å². The van der Waals surface area contributed by atoms with Crippen LogP contribution in [0, 0.1) is 17.0 Å². The molecule has 0 spiro atoms. The summed E-state index contributed by atoms with van der Waals surface area (Å²) < 4.78 is 4.98. The average Bonchev–Trinajstić information content (AvgIpc) is 2.78. The first kappa shape index (κ1) is 12.2. The largest absolute Gasteiger partial charge is 0.385 e. The molecule has 1 unspecified atom stereocenters. The lowest BCUT2D eigenvalue weighted by Gasteiger charge is -2.01. The summed E-state index contributed by atoms with van der Waals surface area (Å²) in [6, 6.07) is 4.61. The van der Waals surface area contributed by atoms with Crippen molar-refractivity contribution in [1.82, 2.24) is 10.1 Å². The second-order valence-corrected chi connectivity index (χ2v) is 3.84. The molecule has 2 aromatic rings. The van der Waals surface area contributed by atoms with Gasteiger partial charge in [0.25, 0.3) is 11.6 Å². The number of nitro groups is 1. The third-order valence-corrected chi connectivity index (χ3v) is 2.55. The Kier molecular flexibility index (Phi) is 3.07. The van der Waals surface area contributed by atoms with Crippen LogP contribution in [0.4, 0.5) is 5.69 Å². The molecule has 0 saturated carbocycles. The van der Waals surface area contributed by atoms with Gasteiger partial charge < -0.3 is 9.63 Å². The molecule has 7 nitrogen and oxygen atoms in total. The van der Waals surface area contributed by atoms with E-state index in [4.69, 9.17) is 4.52 Å². The van der Waals surface area contributed by atoms with Gasteiger partial charge in [-0.2, -0.15) is 4.98 Å². The molecular formula is C11H11N3O4. The van der Waals surface area contributed by atoms with Crippen molar-refractivity contribution in [3.63, 3.8) is 0 Å². The fraction of sp³-hybridized carbons (Fsp3) is 0.273. The Balaban J connectivity index is 2.50. The van der Waals surface area contributed by atoms with Crippen LogP contribution in [0.2, 0.25) is 0 Å². The van der Waals surface area contributed by atoms with Crippen LogP contribution in [0.1, 0.15) is 24.4 Å². The van der Waals surface area contributed by atoms with Crippen molar-refractivity contribution in [1.29, 1.82) is 0 Å². The van der Waals surface area contributed by atoms with Crippen molar-refractivity contribution in [3.8, 4) is 11.5 Å². The van der Waals surface area contributed by atoms with Gasteiger partial charge in [0, 0.05) is 17.2 Å². The first-order valence-electron chi connectivity index (χ1n) is 5.26. The molecule has 1 aromatic heterocycles. The molecule has 1 N–H and O–H groups in total. The maximum Gasteiger partial charge on any atom is 0.273 e. The van der Waals surface area contributed by atoms with Gasteiger partial charge in [-0.25, -0.2) is 0 Å². The van der Waals surface area contributed by atoms with Gasteiger partial charge in [0.05, 0.1) is 4.92 Å². The van der Waals surface area contributed by atoms with Crippen LogP contribution in [-0.2, 0) is 0 Å². The minimum atomic E-state index is -0.846. The summed E-state index contributed by atoms with van der Waals surface area (Å²) in [5.41, 5.74) is 0.927. The molecule has 94 valence electrons. The van der Waals surface area contributed by atoms with Gasteiger partial charge in [0.1, 0.15) is 6.10 Å². The summed E-state index contributed by atoms with van der Waals surface area (Å²) in [7, 11) is 0. The Hall–Kier alpha value is -2.28. The van der Waals surface area contributed by atoms with Crippen LogP contribution in [0.3, 0.4) is 0 Å². The van der Waals surface area contributed by atoms with Crippen LogP contribution in [0.15, 0.2) is 22.7 Å². The fourth-order valence-corrected chi connectivity index (χ4v) is 1.57. The number of aliphatic hydroxyl groups excluding tert-OH is 1. The van der Waals surface area contributed by atoms with Gasteiger partial charge in [0.15, 0.2) is 5.82 Å². The van der Waals surface area contributed by atoms with E-state index in [0.29, 0.717) is 11.1 Å². The molecule has 18 heavy (non-hydrogen) atoms. The van der Waals surface area contributed by atoms with E-state index in [2.05, 4.69) is 10.1 Å². The van der Waals surface area contributed by atoms with Crippen molar-refractivity contribution in [2.75, 3.05) is 0 Å². The van der Waals surface area contributed by atoms with Crippen LogP contribution in [-0.4, -0.2) is 20.2 Å². The number of rotatable bonds is 3. The molecule has 0 aliphatic rings. The zero-order chi connectivity index (χ0) is 13.3. The third-order valence-electron chi connectivity index (χ3n) is 2.55. The van der Waals surface area contributed by atoms with E-state index in [1.54, 1.807) is 19.1 Å². The van der Waals surface area contributed by atoms with Crippen LogP contribution < -0.4 is 0 Å². The van der Waals surface area contributed by atoms with Gasteiger partial charge in [0.2, 0.25) is 0 Å². The highest BCUT2D eigenvalue weighted by atomic mass is 16.6. The summed E-state index contributed by atoms with van der Waals surface area (Å²) in [6.45, 7) is 3.12. The molecule has 1 heterocycles. The first-order chi connectivity index (χ1) is 8.50. The number of benzene rings is 1. The maximum atomic E-state index is 10.8. The van der Waals surface area contributed by atoms with E-state index in [0.717, 1.165) is 0 Å². The third kappa shape index (κ3) is 2.07.